The summed E-state index contributed by atoms with van der Waals surface area (Å²) in [6.07, 6.45) is 2.34. The number of rotatable bonds is 8. The number of halogens is 1. The summed E-state index contributed by atoms with van der Waals surface area (Å²) in [5, 5.41) is 6.24. The summed E-state index contributed by atoms with van der Waals surface area (Å²) in [6.45, 7) is 8.46. The standard InChI is InChI=1S/C19H29N3O2.ClH/c1-4-7-14(3)22-13-16(11-18(22)23)19(24)21-17-9-6-8-15(10-17)12-20-5-2;/h6,8-10,14,16,20H,4-5,7,11-13H2,1-3H3,(H,21,24);1H. The predicted molar refractivity (Wildman–Crippen MR) is 104 cm³/mol. The predicted octanol–water partition coefficient (Wildman–Crippen LogP) is 3.19. The van der Waals surface area contributed by atoms with Crippen LogP contribution in [0.2, 0.25) is 0 Å². The fraction of sp³-hybridized carbons (Fsp3) is 0.579. The van der Waals surface area contributed by atoms with E-state index in [1.807, 2.05) is 29.2 Å². The van der Waals surface area contributed by atoms with Crippen LogP contribution < -0.4 is 10.6 Å². The highest BCUT2D eigenvalue weighted by molar-refractivity contribution is 5.97. The SMILES string of the molecule is CCCC(C)N1CC(C(=O)Nc2cccc(CNCC)c2)CC1=O.Cl. The van der Waals surface area contributed by atoms with Gasteiger partial charge >= 0.3 is 0 Å². The lowest BCUT2D eigenvalue weighted by Crippen LogP contribution is -2.35. The van der Waals surface area contributed by atoms with E-state index in [9.17, 15) is 9.59 Å². The minimum absolute atomic E-state index is 0. The first-order valence-electron chi connectivity index (χ1n) is 8.95. The van der Waals surface area contributed by atoms with Crippen LogP contribution in [0, 0.1) is 5.92 Å². The van der Waals surface area contributed by atoms with Crippen LogP contribution in [-0.2, 0) is 16.1 Å². The van der Waals surface area contributed by atoms with Crippen molar-refractivity contribution in [1.82, 2.24) is 10.2 Å². The van der Waals surface area contributed by atoms with Gasteiger partial charge in [-0.1, -0.05) is 32.4 Å². The van der Waals surface area contributed by atoms with Gasteiger partial charge < -0.3 is 15.5 Å². The third-order valence-electron chi connectivity index (χ3n) is 4.54. The fourth-order valence-electron chi connectivity index (χ4n) is 3.18. The van der Waals surface area contributed by atoms with E-state index in [0.29, 0.717) is 13.0 Å². The topological polar surface area (TPSA) is 61.4 Å². The maximum absolute atomic E-state index is 12.5. The van der Waals surface area contributed by atoms with Crippen LogP contribution in [0.1, 0.15) is 45.6 Å². The molecule has 140 valence electrons. The molecule has 25 heavy (non-hydrogen) atoms. The zero-order valence-corrected chi connectivity index (χ0v) is 16.2. The summed E-state index contributed by atoms with van der Waals surface area (Å²) in [7, 11) is 0. The maximum Gasteiger partial charge on any atom is 0.229 e. The van der Waals surface area contributed by atoms with Gasteiger partial charge in [0.05, 0.1) is 5.92 Å². The maximum atomic E-state index is 12.5. The van der Waals surface area contributed by atoms with Crippen molar-refractivity contribution < 1.29 is 9.59 Å². The largest absolute Gasteiger partial charge is 0.339 e. The Labute approximate surface area is 157 Å². The van der Waals surface area contributed by atoms with Gasteiger partial charge in [-0.05, 0) is 37.6 Å². The van der Waals surface area contributed by atoms with Gasteiger partial charge in [0.1, 0.15) is 0 Å². The summed E-state index contributed by atoms with van der Waals surface area (Å²) in [5.41, 5.74) is 1.93. The fourth-order valence-corrected chi connectivity index (χ4v) is 3.18. The Morgan fingerprint density at radius 3 is 2.80 bits per heavy atom. The van der Waals surface area contributed by atoms with Gasteiger partial charge in [0.15, 0.2) is 0 Å². The Morgan fingerprint density at radius 1 is 1.36 bits per heavy atom. The molecule has 1 fully saturated rings. The van der Waals surface area contributed by atoms with Crippen molar-refractivity contribution in [2.45, 2.75) is 52.6 Å². The molecule has 0 aliphatic carbocycles. The Hall–Kier alpha value is -1.59. The number of hydrogen-bond donors (Lipinski definition) is 2. The molecule has 0 radical (unpaired) electrons. The van der Waals surface area contributed by atoms with Gasteiger partial charge in [0.2, 0.25) is 11.8 Å². The van der Waals surface area contributed by atoms with Crippen LogP contribution in [0.5, 0.6) is 0 Å². The number of likely N-dealkylation sites (tertiary alicyclic amines) is 1. The number of hydrogen-bond acceptors (Lipinski definition) is 3. The van der Waals surface area contributed by atoms with Crippen molar-refractivity contribution in [2.75, 3.05) is 18.4 Å². The van der Waals surface area contributed by atoms with Gasteiger partial charge in [-0.25, -0.2) is 0 Å². The van der Waals surface area contributed by atoms with E-state index in [1.165, 1.54) is 0 Å². The summed E-state index contributed by atoms with van der Waals surface area (Å²) in [6, 6.07) is 8.06. The Balaban J connectivity index is 0.00000312. The van der Waals surface area contributed by atoms with Crippen molar-refractivity contribution in [1.29, 1.82) is 0 Å². The highest BCUT2D eigenvalue weighted by Gasteiger charge is 2.36. The molecular weight excluding hydrogens is 338 g/mol. The molecule has 2 rings (SSSR count). The van der Waals surface area contributed by atoms with Crippen LogP contribution >= 0.6 is 12.4 Å². The molecule has 2 atom stereocenters. The van der Waals surface area contributed by atoms with E-state index < -0.39 is 0 Å². The first-order valence-corrected chi connectivity index (χ1v) is 8.95. The van der Waals surface area contributed by atoms with Crippen molar-refractivity contribution in [3.05, 3.63) is 29.8 Å². The number of anilines is 1. The smallest absolute Gasteiger partial charge is 0.229 e. The molecule has 0 spiro atoms. The lowest BCUT2D eigenvalue weighted by atomic mass is 10.1. The number of benzene rings is 1. The number of carbonyl (C=O) groups excluding carboxylic acids is 2. The van der Waals surface area contributed by atoms with Crippen molar-refractivity contribution in [3.63, 3.8) is 0 Å². The zero-order valence-electron chi connectivity index (χ0n) is 15.4. The van der Waals surface area contributed by atoms with E-state index in [2.05, 4.69) is 31.4 Å². The molecule has 1 aromatic rings. The highest BCUT2D eigenvalue weighted by atomic mass is 35.5. The van der Waals surface area contributed by atoms with Gasteiger partial charge in [-0.15, -0.1) is 12.4 Å². The van der Waals surface area contributed by atoms with E-state index >= 15 is 0 Å². The van der Waals surface area contributed by atoms with Crippen molar-refractivity contribution in [3.8, 4) is 0 Å². The van der Waals surface area contributed by atoms with Crippen LogP contribution in [0.25, 0.3) is 0 Å². The minimum Gasteiger partial charge on any atom is -0.339 e. The number of amides is 2. The van der Waals surface area contributed by atoms with E-state index in [-0.39, 0.29) is 36.2 Å². The lowest BCUT2D eigenvalue weighted by molar-refractivity contribution is -0.129. The van der Waals surface area contributed by atoms with E-state index in [0.717, 1.165) is 37.2 Å². The molecule has 2 unspecified atom stereocenters. The highest BCUT2D eigenvalue weighted by Crippen LogP contribution is 2.23. The molecule has 2 N–H and O–H groups in total. The van der Waals surface area contributed by atoms with E-state index in [4.69, 9.17) is 0 Å². The molecule has 6 heteroatoms. The van der Waals surface area contributed by atoms with Gasteiger partial charge in [0, 0.05) is 31.2 Å². The van der Waals surface area contributed by atoms with Gasteiger partial charge in [0.25, 0.3) is 0 Å². The average molecular weight is 368 g/mol. The van der Waals surface area contributed by atoms with Crippen molar-refractivity contribution in [2.24, 2.45) is 5.92 Å². The first-order chi connectivity index (χ1) is 11.5. The normalized spacial score (nSPS) is 18.0. The van der Waals surface area contributed by atoms with Crippen LogP contribution in [0.4, 0.5) is 5.69 Å². The van der Waals surface area contributed by atoms with E-state index in [1.54, 1.807) is 0 Å². The monoisotopic (exact) mass is 367 g/mol. The Bertz CT molecular complexity index is 580. The molecule has 0 aromatic heterocycles. The molecule has 2 amide bonds. The Kier molecular flexibility index (Phi) is 8.93. The summed E-state index contributed by atoms with van der Waals surface area (Å²) >= 11 is 0. The zero-order chi connectivity index (χ0) is 17.5. The molecule has 1 aromatic carbocycles. The van der Waals surface area contributed by atoms with Crippen molar-refractivity contribution >= 4 is 29.9 Å². The summed E-state index contributed by atoms with van der Waals surface area (Å²) in [5.74, 6) is -0.221. The molecule has 1 saturated heterocycles. The van der Waals surface area contributed by atoms with Gasteiger partial charge in [-0.3, -0.25) is 9.59 Å². The second kappa shape index (κ2) is 10.4. The molecule has 0 saturated carbocycles. The third kappa shape index (κ3) is 6.01. The first kappa shape index (κ1) is 21.5. The Morgan fingerprint density at radius 2 is 2.12 bits per heavy atom. The van der Waals surface area contributed by atoms with Crippen LogP contribution in [0.3, 0.4) is 0 Å². The summed E-state index contributed by atoms with van der Waals surface area (Å²) < 4.78 is 0. The second-order valence-corrected chi connectivity index (χ2v) is 6.55. The molecule has 0 bridgehead atoms. The molecule has 1 aliphatic rings. The minimum atomic E-state index is -0.255. The number of nitrogens with zero attached hydrogens (tertiary/aromatic N) is 1. The lowest BCUT2D eigenvalue weighted by Gasteiger charge is -2.24. The molecule has 1 heterocycles. The molecule has 5 nitrogen and oxygen atoms in total. The quantitative estimate of drug-likeness (QED) is 0.741. The number of carbonyl (C=O) groups is 2. The van der Waals surface area contributed by atoms with Crippen LogP contribution in [0.15, 0.2) is 24.3 Å². The van der Waals surface area contributed by atoms with Crippen LogP contribution in [-0.4, -0.2) is 35.8 Å². The second-order valence-electron chi connectivity index (χ2n) is 6.55. The third-order valence-corrected chi connectivity index (χ3v) is 4.54. The number of nitrogens with one attached hydrogen (secondary N) is 2. The molecular formula is C19H30ClN3O2. The van der Waals surface area contributed by atoms with Gasteiger partial charge in [-0.2, -0.15) is 0 Å². The summed E-state index contributed by atoms with van der Waals surface area (Å²) in [4.78, 5) is 26.5. The molecule has 1 aliphatic heterocycles. The average Bonchev–Trinajstić information content (AvgIpc) is 2.95.